The van der Waals surface area contributed by atoms with Crippen LogP contribution >= 0.6 is 11.6 Å². The second kappa shape index (κ2) is 10.8. The maximum atomic E-state index is 12.8. The highest BCUT2D eigenvalue weighted by Crippen LogP contribution is 2.29. The van der Waals surface area contributed by atoms with Crippen molar-refractivity contribution in [1.82, 2.24) is 14.5 Å². The van der Waals surface area contributed by atoms with Gasteiger partial charge in [0.15, 0.2) is 11.5 Å². The zero-order valence-electron chi connectivity index (χ0n) is 18.6. The van der Waals surface area contributed by atoms with Gasteiger partial charge in [0, 0.05) is 36.8 Å². The fourth-order valence-electron chi connectivity index (χ4n) is 3.31. The van der Waals surface area contributed by atoms with Crippen LogP contribution in [0.25, 0.3) is 10.9 Å². The Kier molecular flexibility index (Phi) is 7.89. The van der Waals surface area contributed by atoms with Gasteiger partial charge in [0.05, 0.1) is 38.0 Å². The number of hydrogen-bond acceptors (Lipinski definition) is 6. The van der Waals surface area contributed by atoms with Crippen molar-refractivity contribution in [2.24, 2.45) is 0 Å². The van der Waals surface area contributed by atoms with Crippen LogP contribution in [0.1, 0.15) is 12.8 Å². The standard InChI is InChI=1S/C23H25ClN4O5/c1-27(13-21(29)26-16-7-4-6-15(24)10-16)22(30)8-5-9-28-14-25-18-12-20(33-3)19(32-2)11-17(18)23(28)31/h4,6-7,10-12,14H,5,8-9,13H2,1-3H3,(H,26,29). The third-order valence-electron chi connectivity index (χ3n) is 5.03. The first-order valence-corrected chi connectivity index (χ1v) is 10.6. The van der Waals surface area contributed by atoms with Crippen LogP contribution in [0.2, 0.25) is 5.02 Å². The van der Waals surface area contributed by atoms with Crippen molar-refractivity contribution in [3.63, 3.8) is 0 Å². The predicted octanol–water partition coefficient (Wildman–Crippen LogP) is 2.94. The van der Waals surface area contributed by atoms with Crippen LogP contribution in [0.5, 0.6) is 11.5 Å². The summed E-state index contributed by atoms with van der Waals surface area (Å²) >= 11 is 5.91. The Labute approximate surface area is 195 Å². The summed E-state index contributed by atoms with van der Waals surface area (Å²) in [7, 11) is 4.57. The molecule has 0 bridgehead atoms. The third kappa shape index (κ3) is 6.01. The number of rotatable bonds is 9. The van der Waals surface area contributed by atoms with Crippen molar-refractivity contribution in [3.05, 3.63) is 58.1 Å². The molecule has 0 aliphatic carbocycles. The van der Waals surface area contributed by atoms with Gasteiger partial charge < -0.3 is 19.7 Å². The Morgan fingerprint density at radius 1 is 1.15 bits per heavy atom. The number of methoxy groups -OCH3 is 2. The summed E-state index contributed by atoms with van der Waals surface area (Å²) in [6.07, 6.45) is 2.04. The first-order chi connectivity index (χ1) is 15.8. The van der Waals surface area contributed by atoms with E-state index in [1.165, 1.54) is 30.0 Å². The fraction of sp³-hybridized carbons (Fsp3) is 0.304. The molecule has 0 aliphatic rings. The number of amides is 2. The first kappa shape index (κ1) is 24.1. The van der Waals surface area contributed by atoms with Crippen molar-refractivity contribution >= 4 is 40.0 Å². The Morgan fingerprint density at radius 2 is 1.88 bits per heavy atom. The number of ether oxygens (including phenoxy) is 2. The summed E-state index contributed by atoms with van der Waals surface area (Å²) in [5.74, 6) is 0.397. The molecule has 10 heteroatoms. The molecule has 0 atom stereocenters. The van der Waals surface area contributed by atoms with Gasteiger partial charge in [0.1, 0.15) is 0 Å². The molecule has 33 heavy (non-hydrogen) atoms. The average Bonchev–Trinajstić information content (AvgIpc) is 2.79. The van der Waals surface area contributed by atoms with E-state index in [0.717, 1.165) is 0 Å². The number of halogens is 1. The number of benzene rings is 2. The molecule has 0 saturated heterocycles. The average molecular weight is 473 g/mol. The highest BCUT2D eigenvalue weighted by Gasteiger charge is 2.14. The summed E-state index contributed by atoms with van der Waals surface area (Å²) in [6.45, 7) is 0.217. The minimum Gasteiger partial charge on any atom is -0.493 e. The molecule has 2 aromatic carbocycles. The van der Waals surface area contributed by atoms with E-state index in [9.17, 15) is 14.4 Å². The molecule has 174 valence electrons. The molecule has 1 aromatic heterocycles. The highest BCUT2D eigenvalue weighted by atomic mass is 35.5. The fourth-order valence-corrected chi connectivity index (χ4v) is 3.50. The van der Waals surface area contributed by atoms with E-state index in [2.05, 4.69) is 10.3 Å². The van der Waals surface area contributed by atoms with E-state index in [1.807, 2.05) is 0 Å². The molecule has 1 N–H and O–H groups in total. The van der Waals surface area contributed by atoms with Crippen LogP contribution in [0.4, 0.5) is 5.69 Å². The Morgan fingerprint density at radius 3 is 2.58 bits per heavy atom. The van der Waals surface area contributed by atoms with Gasteiger partial charge in [-0.15, -0.1) is 0 Å². The molecule has 1 heterocycles. The molecular weight excluding hydrogens is 448 g/mol. The number of nitrogens with zero attached hydrogens (tertiary/aromatic N) is 3. The first-order valence-electron chi connectivity index (χ1n) is 10.2. The van der Waals surface area contributed by atoms with Gasteiger partial charge in [-0.05, 0) is 30.7 Å². The van der Waals surface area contributed by atoms with Gasteiger partial charge in [-0.3, -0.25) is 19.0 Å². The lowest BCUT2D eigenvalue weighted by molar-refractivity contribution is -0.133. The van der Waals surface area contributed by atoms with E-state index in [4.69, 9.17) is 21.1 Å². The van der Waals surface area contributed by atoms with Crippen LogP contribution < -0.4 is 20.3 Å². The minimum absolute atomic E-state index is 0.0928. The van der Waals surface area contributed by atoms with Crippen molar-refractivity contribution < 1.29 is 19.1 Å². The van der Waals surface area contributed by atoms with Gasteiger partial charge in [-0.2, -0.15) is 0 Å². The van der Waals surface area contributed by atoms with Crippen molar-refractivity contribution in [1.29, 1.82) is 0 Å². The predicted molar refractivity (Wildman–Crippen MR) is 126 cm³/mol. The van der Waals surface area contributed by atoms with E-state index in [1.54, 1.807) is 43.4 Å². The second-order valence-electron chi connectivity index (χ2n) is 7.38. The largest absolute Gasteiger partial charge is 0.493 e. The van der Waals surface area contributed by atoms with Gasteiger partial charge >= 0.3 is 0 Å². The minimum atomic E-state index is -0.326. The van der Waals surface area contributed by atoms with Gasteiger partial charge in [0.25, 0.3) is 5.56 Å². The normalized spacial score (nSPS) is 10.7. The van der Waals surface area contributed by atoms with E-state index < -0.39 is 0 Å². The Bertz CT molecular complexity index is 1230. The smallest absolute Gasteiger partial charge is 0.261 e. The van der Waals surface area contributed by atoms with Gasteiger partial charge in [-0.25, -0.2) is 4.98 Å². The maximum absolute atomic E-state index is 12.8. The van der Waals surface area contributed by atoms with E-state index in [0.29, 0.717) is 46.1 Å². The second-order valence-corrected chi connectivity index (χ2v) is 7.82. The van der Waals surface area contributed by atoms with Gasteiger partial charge in [0.2, 0.25) is 11.8 Å². The van der Waals surface area contributed by atoms with E-state index >= 15 is 0 Å². The van der Waals surface area contributed by atoms with Crippen LogP contribution in [0, 0.1) is 0 Å². The Balaban J connectivity index is 1.56. The number of aromatic nitrogens is 2. The lowest BCUT2D eigenvalue weighted by atomic mass is 10.2. The molecule has 9 nitrogen and oxygen atoms in total. The third-order valence-corrected chi connectivity index (χ3v) is 5.27. The number of fused-ring (bicyclic) bond motifs is 1. The summed E-state index contributed by atoms with van der Waals surface area (Å²) in [5.41, 5.74) is 0.823. The molecule has 0 spiro atoms. The van der Waals surface area contributed by atoms with Crippen molar-refractivity contribution in [3.8, 4) is 11.5 Å². The van der Waals surface area contributed by atoms with Gasteiger partial charge in [-0.1, -0.05) is 17.7 Å². The number of carbonyl (C=O) groups is 2. The zero-order chi connectivity index (χ0) is 24.0. The molecule has 0 fully saturated rings. The molecular formula is C23H25ClN4O5. The summed E-state index contributed by atoms with van der Waals surface area (Å²) in [5, 5.41) is 3.61. The van der Waals surface area contributed by atoms with Crippen LogP contribution in [-0.4, -0.2) is 54.1 Å². The SMILES string of the molecule is COc1cc2ncn(CCCC(=O)N(C)CC(=O)Nc3cccc(Cl)c3)c(=O)c2cc1OC. The number of likely N-dealkylation sites (N-methyl/N-ethyl adjacent to an activating group) is 1. The quantitative estimate of drug-likeness (QED) is 0.513. The lowest BCUT2D eigenvalue weighted by Crippen LogP contribution is -2.35. The summed E-state index contributed by atoms with van der Waals surface area (Å²) in [4.78, 5) is 43.1. The zero-order valence-corrected chi connectivity index (χ0v) is 19.4. The summed E-state index contributed by atoms with van der Waals surface area (Å²) in [6, 6.07) is 10.0. The number of nitrogens with one attached hydrogen (secondary N) is 1. The lowest BCUT2D eigenvalue weighted by Gasteiger charge is -2.17. The number of aryl methyl sites for hydroxylation is 1. The molecule has 3 aromatic rings. The van der Waals surface area contributed by atoms with Crippen LogP contribution in [0.3, 0.4) is 0 Å². The molecule has 0 saturated carbocycles. The molecule has 0 unspecified atom stereocenters. The topological polar surface area (TPSA) is 103 Å². The number of carbonyl (C=O) groups excluding carboxylic acids is 2. The van der Waals surface area contributed by atoms with Crippen molar-refractivity contribution in [2.75, 3.05) is 33.1 Å². The molecule has 0 radical (unpaired) electrons. The highest BCUT2D eigenvalue weighted by molar-refractivity contribution is 6.30. The van der Waals surface area contributed by atoms with E-state index in [-0.39, 0.29) is 30.3 Å². The monoisotopic (exact) mass is 472 g/mol. The van der Waals surface area contributed by atoms with Crippen molar-refractivity contribution in [2.45, 2.75) is 19.4 Å². The Hall–Kier alpha value is -3.59. The molecule has 0 aliphatic heterocycles. The summed E-state index contributed by atoms with van der Waals surface area (Å²) < 4.78 is 12.0. The number of anilines is 1. The molecule has 2 amide bonds. The van der Waals surface area contributed by atoms with Crippen LogP contribution in [0.15, 0.2) is 47.5 Å². The molecule has 3 rings (SSSR count). The maximum Gasteiger partial charge on any atom is 0.261 e. The number of hydrogen-bond donors (Lipinski definition) is 1. The van der Waals surface area contributed by atoms with Crippen LogP contribution in [-0.2, 0) is 16.1 Å².